The van der Waals surface area contributed by atoms with Crippen molar-refractivity contribution in [3.63, 3.8) is 0 Å². The van der Waals surface area contributed by atoms with Crippen LogP contribution in [0.15, 0.2) is 0 Å². The molecular formula is C7H12N2O3. The second-order valence-electron chi connectivity index (χ2n) is 2.78. The molecule has 2 amide bonds. The number of carbonyl (C=O) groups is 2. The average molecular weight is 172 g/mol. The van der Waals surface area contributed by atoms with E-state index in [1.807, 2.05) is 6.92 Å². The lowest BCUT2D eigenvalue weighted by molar-refractivity contribution is -0.146. The summed E-state index contributed by atoms with van der Waals surface area (Å²) >= 11 is 0. The molecule has 5 heteroatoms. The van der Waals surface area contributed by atoms with Gasteiger partial charge < -0.3 is 15.3 Å². The van der Waals surface area contributed by atoms with Crippen LogP contribution in [0.25, 0.3) is 0 Å². The molecule has 0 atom stereocenters. The largest absolute Gasteiger partial charge is 0.481 e. The van der Waals surface area contributed by atoms with E-state index in [1.165, 1.54) is 4.90 Å². The van der Waals surface area contributed by atoms with Crippen LogP contribution in [-0.4, -0.2) is 41.6 Å². The second-order valence-corrected chi connectivity index (χ2v) is 2.78. The van der Waals surface area contributed by atoms with Gasteiger partial charge in [-0.15, -0.1) is 0 Å². The zero-order valence-corrected chi connectivity index (χ0v) is 6.91. The molecule has 0 radical (unpaired) electrons. The first kappa shape index (κ1) is 8.83. The minimum atomic E-state index is -0.824. The van der Waals surface area contributed by atoms with E-state index in [0.717, 1.165) is 0 Å². The van der Waals surface area contributed by atoms with Gasteiger partial charge in [0, 0.05) is 19.6 Å². The fourth-order valence-corrected chi connectivity index (χ4v) is 1.06. The number of urea groups is 1. The van der Waals surface area contributed by atoms with Crippen LogP contribution in [0.3, 0.4) is 0 Å². The minimum Gasteiger partial charge on any atom is -0.481 e. The third-order valence-corrected chi connectivity index (χ3v) is 1.85. The molecule has 1 aliphatic rings. The smallest absolute Gasteiger partial charge is 0.317 e. The van der Waals surface area contributed by atoms with Crippen LogP contribution in [0.4, 0.5) is 4.79 Å². The van der Waals surface area contributed by atoms with Gasteiger partial charge in [-0.3, -0.25) is 4.79 Å². The summed E-state index contributed by atoms with van der Waals surface area (Å²) in [7, 11) is 0. The van der Waals surface area contributed by atoms with Crippen LogP contribution in [0, 0.1) is 5.92 Å². The van der Waals surface area contributed by atoms with Crippen molar-refractivity contribution in [1.82, 2.24) is 10.2 Å². The van der Waals surface area contributed by atoms with Crippen molar-refractivity contribution in [2.75, 3.05) is 19.6 Å². The maximum atomic E-state index is 11.0. The summed E-state index contributed by atoms with van der Waals surface area (Å²) in [5, 5.41) is 11.1. The molecule has 1 heterocycles. The van der Waals surface area contributed by atoms with Crippen LogP contribution in [0.2, 0.25) is 0 Å². The summed E-state index contributed by atoms with van der Waals surface area (Å²) in [6, 6.07) is -0.171. The summed E-state index contributed by atoms with van der Waals surface area (Å²) < 4.78 is 0. The molecule has 68 valence electrons. The highest BCUT2D eigenvalue weighted by molar-refractivity contribution is 5.79. The first-order valence-electron chi connectivity index (χ1n) is 3.90. The molecule has 1 aliphatic heterocycles. The number of aliphatic carboxylic acids is 1. The molecule has 0 aliphatic carbocycles. The molecule has 0 aromatic rings. The number of likely N-dealkylation sites (tertiary alicyclic amines) is 1. The molecule has 0 unspecified atom stereocenters. The Morgan fingerprint density at radius 2 is 2.17 bits per heavy atom. The molecule has 2 N–H and O–H groups in total. The summed E-state index contributed by atoms with van der Waals surface area (Å²) in [6.07, 6.45) is 0. The lowest BCUT2D eigenvalue weighted by atomic mass is 10.0. The van der Waals surface area contributed by atoms with E-state index in [-0.39, 0.29) is 11.9 Å². The first-order chi connectivity index (χ1) is 5.65. The number of nitrogens with zero attached hydrogens (tertiary/aromatic N) is 1. The van der Waals surface area contributed by atoms with Crippen molar-refractivity contribution < 1.29 is 14.7 Å². The fraction of sp³-hybridized carbons (Fsp3) is 0.714. The summed E-state index contributed by atoms with van der Waals surface area (Å²) in [6.45, 7) is 3.07. The van der Waals surface area contributed by atoms with Crippen molar-refractivity contribution in [2.45, 2.75) is 6.92 Å². The Morgan fingerprint density at radius 1 is 1.58 bits per heavy atom. The first-order valence-corrected chi connectivity index (χ1v) is 3.90. The molecule has 12 heavy (non-hydrogen) atoms. The van der Waals surface area contributed by atoms with Crippen LogP contribution < -0.4 is 5.32 Å². The van der Waals surface area contributed by atoms with Gasteiger partial charge in [-0.1, -0.05) is 0 Å². The van der Waals surface area contributed by atoms with Gasteiger partial charge in [0.1, 0.15) is 0 Å². The van der Waals surface area contributed by atoms with Gasteiger partial charge in [-0.2, -0.15) is 0 Å². The molecule has 0 spiro atoms. The van der Waals surface area contributed by atoms with E-state index >= 15 is 0 Å². The van der Waals surface area contributed by atoms with Crippen LogP contribution in [0.1, 0.15) is 6.92 Å². The Balaban J connectivity index is 2.25. The maximum Gasteiger partial charge on any atom is 0.317 e. The maximum absolute atomic E-state index is 11.0. The Kier molecular flexibility index (Phi) is 2.52. The highest BCUT2D eigenvalue weighted by Crippen LogP contribution is 2.14. The van der Waals surface area contributed by atoms with Crippen molar-refractivity contribution in [2.24, 2.45) is 5.92 Å². The van der Waals surface area contributed by atoms with Crippen LogP contribution in [0.5, 0.6) is 0 Å². The van der Waals surface area contributed by atoms with E-state index in [4.69, 9.17) is 5.11 Å². The third kappa shape index (κ3) is 1.66. The molecule has 1 rings (SSSR count). The number of carboxylic acids is 1. The molecule has 0 aromatic heterocycles. The van der Waals surface area contributed by atoms with Crippen molar-refractivity contribution in [1.29, 1.82) is 0 Å². The van der Waals surface area contributed by atoms with Crippen molar-refractivity contribution in [3.05, 3.63) is 0 Å². The molecule has 0 bridgehead atoms. The van der Waals surface area contributed by atoms with Gasteiger partial charge in [-0.25, -0.2) is 4.79 Å². The number of amides is 2. The topological polar surface area (TPSA) is 69.6 Å². The fourth-order valence-electron chi connectivity index (χ4n) is 1.06. The van der Waals surface area contributed by atoms with E-state index in [9.17, 15) is 9.59 Å². The predicted octanol–water partition coefficient (Wildman–Crippen LogP) is -0.268. The minimum absolute atomic E-state index is 0.171. The zero-order valence-electron chi connectivity index (χ0n) is 6.91. The molecule has 1 fully saturated rings. The molecule has 1 saturated heterocycles. The van der Waals surface area contributed by atoms with Gasteiger partial charge in [0.2, 0.25) is 0 Å². The number of carbonyl (C=O) groups excluding carboxylic acids is 1. The highest BCUT2D eigenvalue weighted by Gasteiger charge is 2.35. The van der Waals surface area contributed by atoms with Crippen molar-refractivity contribution in [3.8, 4) is 0 Å². The lowest BCUT2D eigenvalue weighted by Gasteiger charge is -2.36. The van der Waals surface area contributed by atoms with E-state index in [2.05, 4.69) is 5.32 Å². The standard InChI is InChI=1S/C7H12N2O3/c1-2-8-7(12)9-3-5(4-9)6(10)11/h5H,2-4H2,1H3,(H,8,12)(H,10,11). The van der Waals surface area contributed by atoms with Gasteiger partial charge in [-0.05, 0) is 6.92 Å². The molecule has 0 saturated carbocycles. The zero-order chi connectivity index (χ0) is 9.14. The van der Waals surface area contributed by atoms with Gasteiger partial charge in [0.25, 0.3) is 0 Å². The number of rotatable bonds is 2. The summed E-state index contributed by atoms with van der Waals surface area (Å²) in [5.41, 5.74) is 0. The summed E-state index contributed by atoms with van der Waals surface area (Å²) in [5.74, 6) is -1.19. The highest BCUT2D eigenvalue weighted by atomic mass is 16.4. The monoisotopic (exact) mass is 172 g/mol. The number of carboxylic acid groups (broad SMARTS) is 1. The van der Waals surface area contributed by atoms with Gasteiger partial charge in [0.05, 0.1) is 5.92 Å². The van der Waals surface area contributed by atoms with Gasteiger partial charge >= 0.3 is 12.0 Å². The average Bonchev–Trinajstić information content (AvgIpc) is 1.82. The normalized spacial score (nSPS) is 16.9. The Labute approximate surface area is 70.4 Å². The Bertz CT molecular complexity index is 199. The number of nitrogens with one attached hydrogen (secondary N) is 1. The van der Waals surface area contributed by atoms with Gasteiger partial charge in [0.15, 0.2) is 0 Å². The number of hydrogen-bond acceptors (Lipinski definition) is 2. The Morgan fingerprint density at radius 3 is 2.58 bits per heavy atom. The van der Waals surface area contributed by atoms with Crippen LogP contribution in [-0.2, 0) is 4.79 Å². The SMILES string of the molecule is CCNC(=O)N1CC(C(=O)O)C1. The molecule has 5 nitrogen and oxygen atoms in total. The molecular weight excluding hydrogens is 160 g/mol. The molecule has 0 aromatic carbocycles. The quantitative estimate of drug-likeness (QED) is 0.602. The summed E-state index contributed by atoms with van der Waals surface area (Å²) in [4.78, 5) is 22.9. The second kappa shape index (κ2) is 3.42. The predicted molar refractivity (Wildman–Crippen MR) is 41.8 cm³/mol. The van der Waals surface area contributed by atoms with Crippen molar-refractivity contribution >= 4 is 12.0 Å². The third-order valence-electron chi connectivity index (χ3n) is 1.85. The number of hydrogen-bond donors (Lipinski definition) is 2. The lowest BCUT2D eigenvalue weighted by Crippen LogP contribution is -2.56. The van der Waals surface area contributed by atoms with E-state index in [0.29, 0.717) is 19.6 Å². The van der Waals surface area contributed by atoms with E-state index in [1.54, 1.807) is 0 Å². The Hall–Kier alpha value is -1.26. The van der Waals surface area contributed by atoms with Crippen LogP contribution >= 0.6 is 0 Å². The van der Waals surface area contributed by atoms with E-state index < -0.39 is 5.97 Å².